The maximum atomic E-state index is 11.6. The highest BCUT2D eigenvalue weighted by atomic mass is 16.5. The number of hydrogen-bond acceptors (Lipinski definition) is 4. The molecule has 0 atom stereocenters. The predicted molar refractivity (Wildman–Crippen MR) is 99.3 cm³/mol. The van der Waals surface area contributed by atoms with Gasteiger partial charge >= 0.3 is 0 Å². The van der Waals surface area contributed by atoms with E-state index in [1.165, 1.54) is 0 Å². The first kappa shape index (κ1) is 18.9. The van der Waals surface area contributed by atoms with Gasteiger partial charge in [0.25, 0.3) is 0 Å². The molecule has 1 aromatic rings. The number of amides is 1. The number of nitrogens with two attached hydrogens (primary N) is 1. The fourth-order valence-electron chi connectivity index (χ4n) is 2.72. The monoisotopic (exact) mass is 348 g/mol. The van der Waals surface area contributed by atoms with Crippen LogP contribution in [0.5, 0.6) is 11.5 Å². The maximum Gasteiger partial charge on any atom is 0.222 e. The van der Waals surface area contributed by atoms with Crippen molar-refractivity contribution in [1.82, 2.24) is 4.90 Å². The zero-order valence-electron chi connectivity index (χ0n) is 15.1. The molecule has 1 saturated heterocycles. The minimum absolute atomic E-state index is 0.240. The van der Waals surface area contributed by atoms with Crippen LogP contribution in [0.15, 0.2) is 23.2 Å². The summed E-state index contributed by atoms with van der Waals surface area (Å²) in [6.45, 7) is 7.17. The minimum atomic E-state index is 0.240. The highest BCUT2D eigenvalue weighted by Crippen LogP contribution is 2.29. The molecule has 138 valence electrons. The van der Waals surface area contributed by atoms with Crippen molar-refractivity contribution in [2.45, 2.75) is 33.1 Å². The van der Waals surface area contributed by atoms with Crippen LogP contribution in [0, 0.1) is 0 Å². The molecule has 0 saturated carbocycles. The van der Waals surface area contributed by atoms with Crippen LogP contribution in [0.1, 0.15) is 33.1 Å². The van der Waals surface area contributed by atoms with Crippen molar-refractivity contribution < 1.29 is 14.3 Å². The van der Waals surface area contributed by atoms with Gasteiger partial charge in [0.05, 0.1) is 18.9 Å². The number of likely N-dealkylation sites (tertiary alicyclic amines) is 1. The Morgan fingerprint density at radius 2 is 2.12 bits per heavy atom. The summed E-state index contributed by atoms with van der Waals surface area (Å²) in [5.74, 6) is 2.01. The lowest BCUT2D eigenvalue weighted by atomic mass is 10.2. The van der Waals surface area contributed by atoms with Gasteiger partial charge in [0.1, 0.15) is 11.5 Å². The molecule has 0 radical (unpaired) electrons. The summed E-state index contributed by atoms with van der Waals surface area (Å²) in [4.78, 5) is 17.8. The largest absolute Gasteiger partial charge is 0.494 e. The van der Waals surface area contributed by atoms with E-state index < -0.39 is 0 Å². The Morgan fingerprint density at radius 1 is 1.32 bits per heavy atom. The SMILES string of the molecule is CCOc1ccc(OCC)c(NC(N)=NCCCN2CCCC2=O)c1. The topological polar surface area (TPSA) is 89.2 Å². The molecule has 0 unspecified atom stereocenters. The fourth-order valence-corrected chi connectivity index (χ4v) is 2.72. The number of carbonyl (C=O) groups excluding carboxylic acids is 1. The summed E-state index contributed by atoms with van der Waals surface area (Å²) >= 11 is 0. The maximum absolute atomic E-state index is 11.6. The Bertz CT molecular complexity index is 604. The average molecular weight is 348 g/mol. The van der Waals surface area contributed by atoms with Crippen molar-refractivity contribution in [3.05, 3.63) is 18.2 Å². The number of nitrogens with zero attached hydrogens (tertiary/aromatic N) is 2. The molecule has 0 aliphatic carbocycles. The Labute approximate surface area is 149 Å². The summed E-state index contributed by atoms with van der Waals surface area (Å²) in [5.41, 5.74) is 6.70. The quantitative estimate of drug-likeness (QED) is 0.406. The second-order valence-electron chi connectivity index (χ2n) is 5.75. The van der Waals surface area contributed by atoms with E-state index in [1.807, 2.05) is 36.9 Å². The summed E-state index contributed by atoms with van der Waals surface area (Å²) in [5, 5.41) is 3.07. The molecule has 1 fully saturated rings. The smallest absolute Gasteiger partial charge is 0.222 e. The zero-order chi connectivity index (χ0) is 18.1. The number of hydrogen-bond donors (Lipinski definition) is 2. The molecule has 25 heavy (non-hydrogen) atoms. The molecule has 1 aliphatic heterocycles. The third-order valence-electron chi connectivity index (χ3n) is 3.86. The van der Waals surface area contributed by atoms with E-state index in [4.69, 9.17) is 15.2 Å². The lowest BCUT2D eigenvalue weighted by Crippen LogP contribution is -2.27. The first-order valence-corrected chi connectivity index (χ1v) is 8.88. The van der Waals surface area contributed by atoms with Gasteiger partial charge in [-0.3, -0.25) is 9.79 Å². The van der Waals surface area contributed by atoms with Crippen LogP contribution in [-0.4, -0.2) is 49.6 Å². The summed E-state index contributed by atoms with van der Waals surface area (Å²) in [7, 11) is 0. The number of carbonyl (C=O) groups is 1. The molecule has 1 heterocycles. The van der Waals surface area contributed by atoms with Gasteiger partial charge in [-0.2, -0.15) is 0 Å². The van der Waals surface area contributed by atoms with Gasteiger partial charge < -0.3 is 25.4 Å². The minimum Gasteiger partial charge on any atom is -0.494 e. The first-order chi connectivity index (χ1) is 12.1. The van der Waals surface area contributed by atoms with Crippen LogP contribution >= 0.6 is 0 Å². The molecule has 3 N–H and O–H groups in total. The number of nitrogens with one attached hydrogen (secondary N) is 1. The van der Waals surface area contributed by atoms with Gasteiger partial charge in [-0.1, -0.05) is 0 Å². The van der Waals surface area contributed by atoms with Gasteiger partial charge in [-0.15, -0.1) is 0 Å². The normalized spacial score (nSPS) is 14.7. The van der Waals surface area contributed by atoms with Crippen LogP contribution in [0.25, 0.3) is 0 Å². The number of rotatable bonds is 9. The number of guanidine groups is 1. The molecule has 7 heteroatoms. The van der Waals surface area contributed by atoms with Gasteiger partial charge in [0.2, 0.25) is 5.91 Å². The third-order valence-corrected chi connectivity index (χ3v) is 3.86. The molecular weight excluding hydrogens is 320 g/mol. The Kier molecular flexibility index (Phi) is 7.37. The van der Waals surface area contributed by atoms with Crippen molar-refractivity contribution >= 4 is 17.6 Å². The van der Waals surface area contributed by atoms with E-state index in [0.717, 1.165) is 37.4 Å². The van der Waals surface area contributed by atoms with E-state index in [0.29, 0.717) is 37.9 Å². The summed E-state index contributed by atoms with van der Waals surface area (Å²) in [6, 6.07) is 5.56. The lowest BCUT2D eigenvalue weighted by Gasteiger charge is -2.15. The number of aliphatic imine (C=N–C) groups is 1. The summed E-state index contributed by atoms with van der Waals surface area (Å²) in [6.07, 6.45) is 2.43. The van der Waals surface area contributed by atoms with Crippen LogP contribution in [0.2, 0.25) is 0 Å². The average Bonchev–Trinajstić information content (AvgIpc) is 2.99. The predicted octanol–water partition coefficient (Wildman–Crippen LogP) is 2.22. The van der Waals surface area contributed by atoms with Crippen LogP contribution in [0.3, 0.4) is 0 Å². The number of ether oxygens (including phenoxy) is 2. The van der Waals surface area contributed by atoms with Gasteiger partial charge in [0, 0.05) is 32.1 Å². The Morgan fingerprint density at radius 3 is 2.80 bits per heavy atom. The van der Waals surface area contributed by atoms with Gasteiger partial charge in [-0.05, 0) is 38.8 Å². The number of benzene rings is 1. The van der Waals surface area contributed by atoms with E-state index in [-0.39, 0.29) is 5.91 Å². The van der Waals surface area contributed by atoms with E-state index in [9.17, 15) is 4.79 Å². The molecular formula is C18H28N4O3. The molecule has 1 amide bonds. The van der Waals surface area contributed by atoms with Crippen LogP contribution in [0.4, 0.5) is 5.69 Å². The molecule has 1 aliphatic rings. The molecule has 0 spiro atoms. The third kappa shape index (κ3) is 5.85. The second-order valence-corrected chi connectivity index (χ2v) is 5.75. The van der Waals surface area contributed by atoms with Gasteiger partial charge in [-0.25, -0.2) is 0 Å². The van der Waals surface area contributed by atoms with Crippen molar-refractivity contribution in [3.63, 3.8) is 0 Å². The first-order valence-electron chi connectivity index (χ1n) is 8.88. The molecule has 2 rings (SSSR count). The van der Waals surface area contributed by atoms with Crippen molar-refractivity contribution in [1.29, 1.82) is 0 Å². The molecule has 7 nitrogen and oxygen atoms in total. The molecule has 0 bridgehead atoms. The van der Waals surface area contributed by atoms with Crippen molar-refractivity contribution in [3.8, 4) is 11.5 Å². The zero-order valence-corrected chi connectivity index (χ0v) is 15.1. The van der Waals surface area contributed by atoms with Gasteiger partial charge in [0.15, 0.2) is 5.96 Å². The highest BCUT2D eigenvalue weighted by Gasteiger charge is 2.18. The van der Waals surface area contributed by atoms with E-state index >= 15 is 0 Å². The van der Waals surface area contributed by atoms with Crippen LogP contribution < -0.4 is 20.5 Å². The summed E-state index contributed by atoms with van der Waals surface area (Å²) < 4.78 is 11.1. The Balaban J connectivity index is 1.89. The Hall–Kier alpha value is -2.44. The van der Waals surface area contributed by atoms with Crippen LogP contribution in [-0.2, 0) is 4.79 Å². The van der Waals surface area contributed by atoms with Crippen molar-refractivity contribution in [2.24, 2.45) is 10.7 Å². The number of anilines is 1. The van der Waals surface area contributed by atoms with E-state index in [2.05, 4.69) is 10.3 Å². The fraction of sp³-hybridized carbons (Fsp3) is 0.556. The van der Waals surface area contributed by atoms with Crippen molar-refractivity contribution in [2.75, 3.05) is 38.2 Å². The molecule has 1 aromatic carbocycles. The molecule has 0 aromatic heterocycles. The second kappa shape index (κ2) is 9.76. The standard InChI is InChI=1S/C18H28N4O3/c1-3-24-14-8-9-16(25-4-2)15(13-14)21-18(19)20-10-6-12-22-11-5-7-17(22)23/h8-9,13H,3-7,10-12H2,1-2H3,(H3,19,20,21). The lowest BCUT2D eigenvalue weighted by molar-refractivity contribution is -0.127. The van der Waals surface area contributed by atoms with E-state index in [1.54, 1.807) is 0 Å². The highest BCUT2D eigenvalue weighted by molar-refractivity contribution is 5.94.